The monoisotopic (exact) mass is 248 g/mol. The number of aromatic nitrogens is 2. The summed E-state index contributed by atoms with van der Waals surface area (Å²) in [5.74, 6) is -1.41. The first-order valence-corrected chi connectivity index (χ1v) is 5.58. The van der Waals surface area contributed by atoms with Gasteiger partial charge in [-0.3, -0.25) is 4.68 Å². The molecule has 1 N–H and O–H groups in total. The zero-order chi connectivity index (χ0) is 13.3. The van der Waals surface area contributed by atoms with Crippen molar-refractivity contribution in [2.45, 2.75) is 19.9 Å². The van der Waals surface area contributed by atoms with Crippen LogP contribution in [0.25, 0.3) is 11.3 Å². The average molecular weight is 248 g/mol. The molecule has 0 atom stereocenters. The number of halogens is 1. The fraction of sp³-hybridized carbons (Fsp3) is 0.231. The molecule has 4 nitrogen and oxygen atoms in total. The summed E-state index contributed by atoms with van der Waals surface area (Å²) in [4.78, 5) is 11.1. The number of carboxylic acid groups (broad SMARTS) is 1. The second kappa shape index (κ2) is 4.60. The minimum absolute atomic E-state index is 0.0709. The Kier molecular flexibility index (Phi) is 3.14. The topological polar surface area (TPSA) is 55.1 Å². The van der Waals surface area contributed by atoms with Crippen LogP contribution in [-0.2, 0) is 0 Å². The van der Waals surface area contributed by atoms with Crippen molar-refractivity contribution < 1.29 is 14.3 Å². The first-order valence-electron chi connectivity index (χ1n) is 5.58. The van der Waals surface area contributed by atoms with E-state index in [9.17, 15) is 9.18 Å². The van der Waals surface area contributed by atoms with Gasteiger partial charge in [0.15, 0.2) is 0 Å². The smallest absolute Gasteiger partial charge is 0.354 e. The number of hydrogen-bond donors (Lipinski definition) is 1. The second-order valence-electron chi connectivity index (χ2n) is 4.27. The molecule has 18 heavy (non-hydrogen) atoms. The number of aromatic carboxylic acids is 1. The molecular formula is C13H13FN2O2. The predicted octanol–water partition coefficient (Wildman–Crippen LogP) is 2.97. The van der Waals surface area contributed by atoms with Crippen molar-refractivity contribution in [1.82, 2.24) is 9.78 Å². The van der Waals surface area contributed by atoms with Gasteiger partial charge in [-0.15, -0.1) is 0 Å². The zero-order valence-electron chi connectivity index (χ0n) is 10.1. The molecule has 0 radical (unpaired) electrons. The molecule has 0 unspecified atom stereocenters. The molecule has 0 bridgehead atoms. The Hall–Kier alpha value is -2.17. The molecule has 0 amide bonds. The van der Waals surface area contributed by atoms with Crippen LogP contribution in [-0.4, -0.2) is 20.9 Å². The van der Waals surface area contributed by atoms with Crippen LogP contribution >= 0.6 is 0 Å². The number of carboxylic acids is 1. The van der Waals surface area contributed by atoms with Gasteiger partial charge < -0.3 is 5.11 Å². The summed E-state index contributed by atoms with van der Waals surface area (Å²) in [6.45, 7) is 3.68. The van der Waals surface area contributed by atoms with E-state index in [1.165, 1.54) is 22.9 Å². The Morgan fingerprint density at radius 1 is 1.39 bits per heavy atom. The van der Waals surface area contributed by atoms with Crippen LogP contribution < -0.4 is 0 Å². The standard InChI is InChI=1S/C13H13FN2O2/c1-8(2)16-12(13(17)18)7-11(15-16)9-4-3-5-10(14)6-9/h3-8H,1-2H3,(H,17,18). The van der Waals surface area contributed by atoms with Crippen LogP contribution in [0.4, 0.5) is 4.39 Å². The van der Waals surface area contributed by atoms with Gasteiger partial charge in [-0.2, -0.15) is 5.10 Å². The molecule has 0 aliphatic rings. The quantitative estimate of drug-likeness (QED) is 0.908. The van der Waals surface area contributed by atoms with E-state index in [1.54, 1.807) is 12.1 Å². The maximum absolute atomic E-state index is 13.1. The first-order chi connectivity index (χ1) is 8.49. The molecule has 2 rings (SSSR count). The molecule has 0 spiro atoms. The van der Waals surface area contributed by atoms with Crippen LogP contribution in [0.2, 0.25) is 0 Å². The van der Waals surface area contributed by atoms with Crippen molar-refractivity contribution in [3.63, 3.8) is 0 Å². The van der Waals surface area contributed by atoms with Crippen LogP contribution in [0.3, 0.4) is 0 Å². The third-order valence-electron chi connectivity index (χ3n) is 2.56. The number of benzene rings is 1. The lowest BCUT2D eigenvalue weighted by Gasteiger charge is -2.07. The fourth-order valence-electron chi connectivity index (χ4n) is 1.74. The van der Waals surface area contributed by atoms with Gasteiger partial charge in [0.05, 0.1) is 5.69 Å². The van der Waals surface area contributed by atoms with E-state index in [-0.39, 0.29) is 17.6 Å². The Morgan fingerprint density at radius 2 is 2.11 bits per heavy atom. The first kappa shape index (κ1) is 12.3. The Labute approximate surface area is 104 Å². The van der Waals surface area contributed by atoms with E-state index < -0.39 is 5.97 Å². The molecule has 0 aliphatic carbocycles. The maximum Gasteiger partial charge on any atom is 0.354 e. The van der Waals surface area contributed by atoms with E-state index in [2.05, 4.69) is 5.10 Å². The van der Waals surface area contributed by atoms with E-state index in [1.807, 2.05) is 13.8 Å². The highest BCUT2D eigenvalue weighted by Gasteiger charge is 2.17. The van der Waals surface area contributed by atoms with Crippen LogP contribution in [0.5, 0.6) is 0 Å². The SMILES string of the molecule is CC(C)n1nc(-c2cccc(F)c2)cc1C(=O)O. The number of rotatable bonds is 3. The van der Waals surface area contributed by atoms with E-state index in [4.69, 9.17) is 5.11 Å². The summed E-state index contributed by atoms with van der Waals surface area (Å²) < 4.78 is 14.5. The summed E-state index contributed by atoms with van der Waals surface area (Å²) in [6.07, 6.45) is 0. The van der Waals surface area contributed by atoms with Crippen molar-refractivity contribution in [3.8, 4) is 11.3 Å². The number of nitrogens with zero attached hydrogens (tertiary/aromatic N) is 2. The highest BCUT2D eigenvalue weighted by Crippen LogP contribution is 2.22. The van der Waals surface area contributed by atoms with Crippen LogP contribution in [0.15, 0.2) is 30.3 Å². The lowest BCUT2D eigenvalue weighted by atomic mass is 10.1. The predicted molar refractivity (Wildman–Crippen MR) is 65.0 cm³/mol. The van der Waals surface area contributed by atoms with Crippen LogP contribution in [0, 0.1) is 5.82 Å². The van der Waals surface area contributed by atoms with Gasteiger partial charge in [0, 0.05) is 11.6 Å². The second-order valence-corrected chi connectivity index (χ2v) is 4.27. The molecule has 94 valence electrons. The molecule has 0 aliphatic heterocycles. The lowest BCUT2D eigenvalue weighted by molar-refractivity contribution is 0.0681. The van der Waals surface area contributed by atoms with E-state index in [0.717, 1.165) is 0 Å². The highest BCUT2D eigenvalue weighted by atomic mass is 19.1. The maximum atomic E-state index is 13.1. The minimum atomic E-state index is -1.04. The van der Waals surface area contributed by atoms with Crippen molar-refractivity contribution in [2.24, 2.45) is 0 Å². The lowest BCUT2D eigenvalue weighted by Crippen LogP contribution is -2.11. The van der Waals surface area contributed by atoms with Gasteiger partial charge in [-0.05, 0) is 32.0 Å². The summed E-state index contributed by atoms with van der Waals surface area (Å²) in [7, 11) is 0. The third-order valence-corrected chi connectivity index (χ3v) is 2.56. The molecule has 5 heteroatoms. The Morgan fingerprint density at radius 3 is 2.61 bits per heavy atom. The minimum Gasteiger partial charge on any atom is -0.477 e. The van der Waals surface area contributed by atoms with Crippen molar-refractivity contribution in [3.05, 3.63) is 41.8 Å². The Bertz CT molecular complexity index is 590. The van der Waals surface area contributed by atoms with Gasteiger partial charge in [0.1, 0.15) is 11.5 Å². The van der Waals surface area contributed by atoms with Gasteiger partial charge in [-0.25, -0.2) is 9.18 Å². The molecule has 1 aromatic heterocycles. The molecule has 0 fully saturated rings. The van der Waals surface area contributed by atoms with Gasteiger partial charge in [-0.1, -0.05) is 12.1 Å². The van der Waals surface area contributed by atoms with E-state index in [0.29, 0.717) is 11.3 Å². The zero-order valence-corrected chi connectivity index (χ0v) is 10.1. The average Bonchev–Trinajstić information content (AvgIpc) is 2.73. The summed E-state index contributed by atoms with van der Waals surface area (Å²) in [6, 6.07) is 7.32. The largest absolute Gasteiger partial charge is 0.477 e. The van der Waals surface area contributed by atoms with Gasteiger partial charge in [0.25, 0.3) is 0 Å². The van der Waals surface area contributed by atoms with Crippen LogP contribution in [0.1, 0.15) is 30.4 Å². The van der Waals surface area contributed by atoms with E-state index >= 15 is 0 Å². The Balaban J connectivity index is 2.53. The van der Waals surface area contributed by atoms with Crippen molar-refractivity contribution in [1.29, 1.82) is 0 Å². The molecule has 0 saturated heterocycles. The highest BCUT2D eigenvalue weighted by molar-refractivity contribution is 5.87. The number of carbonyl (C=O) groups is 1. The number of hydrogen-bond acceptors (Lipinski definition) is 2. The fourth-order valence-corrected chi connectivity index (χ4v) is 1.74. The molecule has 1 aromatic carbocycles. The summed E-state index contributed by atoms with van der Waals surface area (Å²) >= 11 is 0. The molecular weight excluding hydrogens is 235 g/mol. The summed E-state index contributed by atoms with van der Waals surface area (Å²) in [5, 5.41) is 13.3. The van der Waals surface area contributed by atoms with Crippen molar-refractivity contribution in [2.75, 3.05) is 0 Å². The summed E-state index contributed by atoms with van der Waals surface area (Å²) in [5.41, 5.74) is 1.13. The van der Waals surface area contributed by atoms with Gasteiger partial charge in [0.2, 0.25) is 0 Å². The molecule has 0 saturated carbocycles. The van der Waals surface area contributed by atoms with Crippen molar-refractivity contribution >= 4 is 5.97 Å². The molecule has 1 heterocycles. The van der Waals surface area contributed by atoms with Gasteiger partial charge >= 0.3 is 5.97 Å². The third kappa shape index (κ3) is 2.25. The normalized spacial score (nSPS) is 10.9. The molecule has 2 aromatic rings.